The van der Waals surface area contributed by atoms with Gasteiger partial charge in [0.1, 0.15) is 23.9 Å². The van der Waals surface area contributed by atoms with E-state index in [0.29, 0.717) is 29.2 Å². The summed E-state index contributed by atoms with van der Waals surface area (Å²) in [6.07, 6.45) is 0. The van der Waals surface area contributed by atoms with Crippen molar-refractivity contribution in [3.8, 4) is 22.6 Å². The van der Waals surface area contributed by atoms with Gasteiger partial charge in [-0.15, -0.1) is 0 Å². The number of benzene rings is 2. The number of esters is 1. The minimum absolute atomic E-state index is 0.263. The summed E-state index contributed by atoms with van der Waals surface area (Å²) in [6, 6.07) is 9.09. The number of halogens is 1. The van der Waals surface area contributed by atoms with Gasteiger partial charge in [0.05, 0.1) is 19.8 Å². The van der Waals surface area contributed by atoms with Crippen LogP contribution in [0.15, 0.2) is 36.4 Å². The highest BCUT2D eigenvalue weighted by molar-refractivity contribution is 5.91. The lowest BCUT2D eigenvalue weighted by Crippen LogP contribution is -2.11. The van der Waals surface area contributed by atoms with E-state index in [1.807, 2.05) is 0 Å². The SMILES string of the molecule is COC(=O)c1cc(OCCN)cc(-c2cc(OC)ccc2F)c1. The fourth-order valence-corrected chi connectivity index (χ4v) is 2.10. The van der Waals surface area contributed by atoms with Crippen LogP contribution >= 0.6 is 0 Å². The molecule has 0 spiro atoms. The number of carbonyl (C=O) groups excluding carboxylic acids is 1. The Kier molecular flexibility index (Phi) is 5.54. The van der Waals surface area contributed by atoms with Gasteiger partial charge in [-0.05, 0) is 42.0 Å². The van der Waals surface area contributed by atoms with Crippen LogP contribution in [-0.2, 0) is 4.74 Å². The highest BCUT2D eigenvalue weighted by atomic mass is 19.1. The third-order valence-electron chi connectivity index (χ3n) is 3.20. The second-order valence-electron chi connectivity index (χ2n) is 4.72. The molecule has 0 saturated heterocycles. The lowest BCUT2D eigenvalue weighted by molar-refractivity contribution is 0.0600. The van der Waals surface area contributed by atoms with E-state index >= 15 is 0 Å². The molecular weight excluding hydrogens is 301 g/mol. The van der Waals surface area contributed by atoms with Gasteiger partial charge in [-0.1, -0.05) is 0 Å². The van der Waals surface area contributed by atoms with E-state index in [-0.39, 0.29) is 12.2 Å². The first-order valence-electron chi connectivity index (χ1n) is 6.99. The Hall–Kier alpha value is -2.60. The molecule has 23 heavy (non-hydrogen) atoms. The molecule has 0 bridgehead atoms. The first kappa shape index (κ1) is 16.8. The normalized spacial score (nSPS) is 10.3. The molecule has 0 aromatic heterocycles. The molecule has 0 radical (unpaired) electrons. The van der Waals surface area contributed by atoms with E-state index in [4.69, 9.17) is 19.9 Å². The molecule has 2 N–H and O–H groups in total. The van der Waals surface area contributed by atoms with E-state index in [0.717, 1.165) is 0 Å². The molecule has 0 aliphatic carbocycles. The molecule has 0 fully saturated rings. The van der Waals surface area contributed by atoms with Crippen molar-refractivity contribution in [2.45, 2.75) is 0 Å². The molecule has 2 rings (SSSR count). The van der Waals surface area contributed by atoms with Crippen LogP contribution < -0.4 is 15.2 Å². The van der Waals surface area contributed by atoms with Gasteiger partial charge in [0.2, 0.25) is 0 Å². The Morgan fingerprint density at radius 3 is 2.57 bits per heavy atom. The second-order valence-corrected chi connectivity index (χ2v) is 4.72. The Morgan fingerprint density at radius 2 is 1.91 bits per heavy atom. The fraction of sp³-hybridized carbons (Fsp3) is 0.235. The molecule has 122 valence electrons. The van der Waals surface area contributed by atoms with Crippen molar-refractivity contribution in [2.24, 2.45) is 5.73 Å². The minimum Gasteiger partial charge on any atom is -0.497 e. The molecule has 2 aromatic carbocycles. The molecule has 0 aliphatic rings. The number of rotatable bonds is 6. The summed E-state index contributed by atoms with van der Waals surface area (Å²) in [5, 5.41) is 0. The molecular formula is C17H18FNO4. The number of carbonyl (C=O) groups is 1. The lowest BCUT2D eigenvalue weighted by atomic mass is 10.0. The number of ether oxygens (including phenoxy) is 3. The highest BCUT2D eigenvalue weighted by Crippen LogP contribution is 2.31. The predicted octanol–water partition coefficient (Wildman–Crippen LogP) is 2.63. The maximum Gasteiger partial charge on any atom is 0.338 e. The summed E-state index contributed by atoms with van der Waals surface area (Å²) in [7, 11) is 2.78. The first-order chi connectivity index (χ1) is 11.1. The number of hydrogen-bond acceptors (Lipinski definition) is 5. The molecule has 0 unspecified atom stereocenters. The average Bonchev–Trinajstić information content (AvgIpc) is 2.59. The third kappa shape index (κ3) is 3.98. The first-order valence-corrected chi connectivity index (χ1v) is 6.99. The van der Waals surface area contributed by atoms with Crippen LogP contribution in [0.2, 0.25) is 0 Å². The zero-order valence-electron chi connectivity index (χ0n) is 13.0. The van der Waals surface area contributed by atoms with Gasteiger partial charge in [0.15, 0.2) is 0 Å². The lowest BCUT2D eigenvalue weighted by Gasteiger charge is -2.11. The number of methoxy groups -OCH3 is 2. The minimum atomic E-state index is -0.534. The van der Waals surface area contributed by atoms with Gasteiger partial charge in [-0.25, -0.2) is 9.18 Å². The van der Waals surface area contributed by atoms with E-state index in [1.165, 1.54) is 32.4 Å². The van der Waals surface area contributed by atoms with E-state index in [1.54, 1.807) is 18.2 Å². The summed E-state index contributed by atoms with van der Waals surface area (Å²) < 4.78 is 29.5. The molecule has 2 aromatic rings. The van der Waals surface area contributed by atoms with Crippen LogP contribution in [0.4, 0.5) is 4.39 Å². The number of hydrogen-bond donors (Lipinski definition) is 1. The average molecular weight is 319 g/mol. The van der Waals surface area contributed by atoms with E-state index in [2.05, 4.69) is 0 Å². The maximum atomic E-state index is 14.2. The zero-order chi connectivity index (χ0) is 16.8. The van der Waals surface area contributed by atoms with Crippen molar-refractivity contribution in [1.29, 1.82) is 0 Å². The quantitative estimate of drug-likeness (QED) is 0.829. The molecule has 5 nitrogen and oxygen atoms in total. The summed E-state index contributed by atoms with van der Waals surface area (Å²) in [4.78, 5) is 11.8. The van der Waals surface area contributed by atoms with E-state index < -0.39 is 11.8 Å². The zero-order valence-corrected chi connectivity index (χ0v) is 13.0. The van der Waals surface area contributed by atoms with Crippen LogP contribution in [0.5, 0.6) is 11.5 Å². The van der Waals surface area contributed by atoms with E-state index in [9.17, 15) is 9.18 Å². The summed E-state index contributed by atoms with van der Waals surface area (Å²) in [6.45, 7) is 0.607. The van der Waals surface area contributed by atoms with Gasteiger partial charge < -0.3 is 19.9 Å². The van der Waals surface area contributed by atoms with Crippen LogP contribution in [0.1, 0.15) is 10.4 Å². The van der Waals surface area contributed by atoms with Gasteiger partial charge >= 0.3 is 5.97 Å². The molecule has 0 heterocycles. The smallest absolute Gasteiger partial charge is 0.338 e. The van der Waals surface area contributed by atoms with Crippen molar-refractivity contribution in [3.63, 3.8) is 0 Å². The van der Waals surface area contributed by atoms with Crippen LogP contribution in [-0.4, -0.2) is 33.3 Å². The van der Waals surface area contributed by atoms with Crippen LogP contribution in [0.3, 0.4) is 0 Å². The Balaban J connectivity index is 2.54. The second kappa shape index (κ2) is 7.60. The Labute approximate surface area is 133 Å². The Bertz CT molecular complexity index is 703. The standard InChI is InChI=1S/C17H18FNO4/c1-21-13-3-4-16(18)15(10-13)11-7-12(17(20)22-2)9-14(8-11)23-6-5-19/h3-4,7-10H,5-6,19H2,1-2H3. The fourth-order valence-electron chi connectivity index (χ4n) is 2.10. The predicted molar refractivity (Wildman–Crippen MR) is 84.3 cm³/mol. The van der Waals surface area contributed by atoms with Crippen molar-refractivity contribution in [1.82, 2.24) is 0 Å². The summed E-state index contributed by atoms with van der Waals surface area (Å²) in [5.74, 6) is -0.0461. The van der Waals surface area contributed by atoms with Crippen LogP contribution in [0.25, 0.3) is 11.1 Å². The molecule has 0 atom stereocenters. The topological polar surface area (TPSA) is 70.8 Å². The number of nitrogens with two attached hydrogens (primary N) is 1. The van der Waals surface area contributed by atoms with Crippen LogP contribution in [0, 0.1) is 5.82 Å². The molecule has 0 saturated carbocycles. The van der Waals surface area contributed by atoms with Crippen molar-refractivity contribution < 1.29 is 23.4 Å². The molecule has 0 aliphatic heterocycles. The van der Waals surface area contributed by atoms with Gasteiger partial charge in [-0.2, -0.15) is 0 Å². The Morgan fingerprint density at radius 1 is 1.13 bits per heavy atom. The maximum absolute atomic E-state index is 14.2. The van der Waals surface area contributed by atoms with Gasteiger partial charge in [-0.3, -0.25) is 0 Å². The monoisotopic (exact) mass is 319 g/mol. The molecule has 0 amide bonds. The van der Waals surface area contributed by atoms with Crippen molar-refractivity contribution in [3.05, 3.63) is 47.8 Å². The highest BCUT2D eigenvalue weighted by Gasteiger charge is 2.14. The largest absolute Gasteiger partial charge is 0.497 e. The van der Waals surface area contributed by atoms with Gasteiger partial charge in [0.25, 0.3) is 0 Å². The summed E-state index contributed by atoms with van der Waals surface area (Å²) in [5.41, 5.74) is 6.46. The third-order valence-corrected chi connectivity index (χ3v) is 3.20. The van der Waals surface area contributed by atoms with Crippen molar-refractivity contribution >= 4 is 5.97 Å². The van der Waals surface area contributed by atoms with Crippen molar-refractivity contribution in [2.75, 3.05) is 27.4 Å². The van der Waals surface area contributed by atoms with Gasteiger partial charge in [0, 0.05) is 12.1 Å². The summed E-state index contributed by atoms with van der Waals surface area (Å²) >= 11 is 0. The molecule has 6 heteroatoms.